The van der Waals surface area contributed by atoms with Gasteiger partial charge in [0.25, 0.3) is 0 Å². The van der Waals surface area contributed by atoms with Crippen LogP contribution in [0.25, 0.3) is 0 Å². The molecule has 0 aliphatic heterocycles. The molecule has 0 aliphatic rings. The number of nitrogens with zero attached hydrogens (tertiary/aromatic N) is 4. The van der Waals surface area contributed by atoms with Crippen molar-refractivity contribution in [2.45, 2.75) is 45.6 Å². The molecule has 22 heavy (non-hydrogen) atoms. The zero-order chi connectivity index (χ0) is 15.9. The van der Waals surface area contributed by atoms with Crippen LogP contribution in [0.2, 0.25) is 0 Å². The van der Waals surface area contributed by atoms with Crippen LogP contribution in [0.3, 0.4) is 0 Å². The number of rotatable bonds is 6. The molecule has 0 saturated heterocycles. The van der Waals surface area contributed by atoms with Gasteiger partial charge in [0.1, 0.15) is 0 Å². The molecule has 0 bridgehead atoms. The van der Waals surface area contributed by atoms with Gasteiger partial charge in [-0.1, -0.05) is 32.0 Å². The average molecular weight is 421 g/mol. The van der Waals surface area contributed by atoms with E-state index in [4.69, 9.17) is 4.52 Å². The van der Waals surface area contributed by atoms with E-state index in [0.29, 0.717) is 18.3 Å². The maximum atomic E-state index is 5.27. The lowest BCUT2D eigenvalue weighted by Gasteiger charge is -2.21. The molecule has 0 saturated carbocycles. The number of unbranched alkanes of at least 4 members (excludes halogenated alkanes) is 1. The SMILES string of the molecule is C=CCCCN(C)C(=NC)NCc1noc(C(C)(C)C)n1.I. The molecule has 0 radical (unpaired) electrons. The molecule has 7 heteroatoms. The second-order valence-corrected chi connectivity index (χ2v) is 6.02. The Labute approximate surface area is 150 Å². The summed E-state index contributed by atoms with van der Waals surface area (Å²) in [6.45, 7) is 11.3. The van der Waals surface area contributed by atoms with Crippen LogP contribution in [0, 0.1) is 0 Å². The Morgan fingerprint density at radius 1 is 1.45 bits per heavy atom. The molecule has 0 aliphatic carbocycles. The van der Waals surface area contributed by atoms with Crippen molar-refractivity contribution in [3.63, 3.8) is 0 Å². The van der Waals surface area contributed by atoms with Gasteiger partial charge in [-0.25, -0.2) is 0 Å². The van der Waals surface area contributed by atoms with Crippen molar-refractivity contribution in [2.75, 3.05) is 20.6 Å². The maximum absolute atomic E-state index is 5.27. The number of halogens is 1. The number of aromatic nitrogens is 2. The molecule has 126 valence electrons. The predicted molar refractivity (Wildman–Crippen MR) is 101 cm³/mol. The fourth-order valence-electron chi connectivity index (χ4n) is 1.75. The van der Waals surface area contributed by atoms with Gasteiger partial charge in [0.2, 0.25) is 5.89 Å². The Hall–Kier alpha value is -1.12. The van der Waals surface area contributed by atoms with Gasteiger partial charge < -0.3 is 14.7 Å². The van der Waals surface area contributed by atoms with E-state index in [1.807, 2.05) is 33.9 Å². The summed E-state index contributed by atoms with van der Waals surface area (Å²) in [6, 6.07) is 0. The predicted octanol–water partition coefficient (Wildman–Crippen LogP) is 2.96. The molecule has 0 aromatic carbocycles. The largest absolute Gasteiger partial charge is 0.349 e. The van der Waals surface area contributed by atoms with Gasteiger partial charge in [-0.3, -0.25) is 4.99 Å². The van der Waals surface area contributed by atoms with Gasteiger partial charge in [-0.15, -0.1) is 30.6 Å². The normalized spacial score (nSPS) is 11.8. The molecule has 6 nitrogen and oxygen atoms in total. The molecule has 1 rings (SSSR count). The fraction of sp³-hybridized carbons (Fsp3) is 0.667. The lowest BCUT2D eigenvalue weighted by atomic mass is 9.97. The molecule has 1 N–H and O–H groups in total. The standard InChI is InChI=1S/C15H27N5O.HI/c1-7-8-9-10-20(6)14(16-5)17-11-12-18-13(21-19-12)15(2,3)4;/h7H,1,8-11H2,2-6H3,(H,16,17);1H. The zero-order valence-electron chi connectivity index (χ0n) is 14.2. The van der Waals surface area contributed by atoms with Crippen LogP contribution in [0.15, 0.2) is 22.2 Å². The summed E-state index contributed by atoms with van der Waals surface area (Å²) in [4.78, 5) is 10.7. The van der Waals surface area contributed by atoms with E-state index < -0.39 is 0 Å². The Balaban J connectivity index is 0.00000441. The minimum absolute atomic E-state index is 0. The Morgan fingerprint density at radius 2 is 2.14 bits per heavy atom. The second-order valence-electron chi connectivity index (χ2n) is 6.02. The van der Waals surface area contributed by atoms with Gasteiger partial charge in [0, 0.05) is 26.1 Å². The lowest BCUT2D eigenvalue weighted by Crippen LogP contribution is -2.39. The number of hydrogen-bond acceptors (Lipinski definition) is 4. The highest BCUT2D eigenvalue weighted by molar-refractivity contribution is 14.0. The van der Waals surface area contributed by atoms with E-state index in [-0.39, 0.29) is 29.4 Å². The van der Waals surface area contributed by atoms with Gasteiger partial charge in [-0.05, 0) is 12.8 Å². The third-order valence-electron chi connectivity index (χ3n) is 2.99. The topological polar surface area (TPSA) is 66.5 Å². The third kappa shape index (κ3) is 6.76. The van der Waals surface area contributed by atoms with Crippen LogP contribution in [-0.2, 0) is 12.0 Å². The second kappa shape index (κ2) is 9.81. The summed E-state index contributed by atoms with van der Waals surface area (Å²) in [5.41, 5.74) is -0.131. The van der Waals surface area contributed by atoms with E-state index in [0.717, 1.165) is 25.3 Å². The highest BCUT2D eigenvalue weighted by atomic mass is 127. The molecular weight excluding hydrogens is 393 g/mol. The number of nitrogens with one attached hydrogen (secondary N) is 1. The maximum Gasteiger partial charge on any atom is 0.232 e. The fourth-order valence-corrected chi connectivity index (χ4v) is 1.75. The summed E-state index contributed by atoms with van der Waals surface area (Å²) in [5.74, 6) is 2.11. The quantitative estimate of drug-likeness (QED) is 0.252. The van der Waals surface area contributed by atoms with Gasteiger partial charge in [0.15, 0.2) is 11.8 Å². The Bertz CT molecular complexity index is 479. The van der Waals surface area contributed by atoms with Crippen molar-refractivity contribution in [1.29, 1.82) is 0 Å². The highest BCUT2D eigenvalue weighted by Crippen LogP contribution is 2.19. The molecule has 1 aromatic rings. The third-order valence-corrected chi connectivity index (χ3v) is 2.99. The summed E-state index contributed by atoms with van der Waals surface area (Å²) in [6.07, 6.45) is 3.98. The first-order chi connectivity index (χ1) is 9.88. The van der Waals surface area contributed by atoms with Crippen molar-refractivity contribution >= 4 is 29.9 Å². The van der Waals surface area contributed by atoms with Crippen molar-refractivity contribution in [1.82, 2.24) is 20.4 Å². The lowest BCUT2D eigenvalue weighted by molar-refractivity contribution is 0.318. The molecule has 1 heterocycles. The van der Waals surface area contributed by atoms with Crippen LogP contribution in [0.1, 0.15) is 45.3 Å². The highest BCUT2D eigenvalue weighted by Gasteiger charge is 2.21. The van der Waals surface area contributed by atoms with Crippen molar-refractivity contribution < 1.29 is 4.52 Å². The Kier molecular flexibility index (Phi) is 9.31. The summed E-state index contributed by atoms with van der Waals surface area (Å²) >= 11 is 0. The first-order valence-electron chi connectivity index (χ1n) is 7.24. The van der Waals surface area contributed by atoms with Crippen LogP contribution >= 0.6 is 24.0 Å². The number of guanidine groups is 1. The minimum Gasteiger partial charge on any atom is -0.349 e. The van der Waals surface area contributed by atoms with E-state index >= 15 is 0 Å². The molecule has 0 fully saturated rings. The van der Waals surface area contributed by atoms with Gasteiger partial charge >= 0.3 is 0 Å². The molecule has 0 spiro atoms. The van der Waals surface area contributed by atoms with E-state index in [2.05, 4.69) is 31.9 Å². The number of hydrogen-bond donors (Lipinski definition) is 1. The van der Waals surface area contributed by atoms with Crippen LogP contribution < -0.4 is 5.32 Å². The summed E-state index contributed by atoms with van der Waals surface area (Å²) in [5, 5.41) is 7.23. The first kappa shape index (κ1) is 20.9. The van der Waals surface area contributed by atoms with E-state index in [9.17, 15) is 0 Å². The first-order valence-corrected chi connectivity index (χ1v) is 7.24. The van der Waals surface area contributed by atoms with Crippen molar-refractivity contribution in [3.05, 3.63) is 24.4 Å². The van der Waals surface area contributed by atoms with Crippen LogP contribution in [-0.4, -0.2) is 41.6 Å². The van der Waals surface area contributed by atoms with Crippen LogP contribution in [0.4, 0.5) is 0 Å². The molecule has 0 amide bonds. The summed E-state index contributed by atoms with van der Waals surface area (Å²) in [7, 11) is 3.78. The minimum atomic E-state index is -0.131. The Morgan fingerprint density at radius 3 is 2.64 bits per heavy atom. The van der Waals surface area contributed by atoms with Crippen molar-refractivity contribution in [3.8, 4) is 0 Å². The van der Waals surface area contributed by atoms with E-state index in [1.54, 1.807) is 7.05 Å². The number of allylic oxidation sites excluding steroid dienone is 1. The van der Waals surface area contributed by atoms with Gasteiger partial charge in [-0.2, -0.15) is 4.98 Å². The molecule has 1 aromatic heterocycles. The zero-order valence-corrected chi connectivity index (χ0v) is 16.5. The molecule has 0 unspecified atom stereocenters. The monoisotopic (exact) mass is 421 g/mol. The van der Waals surface area contributed by atoms with E-state index in [1.165, 1.54) is 0 Å². The average Bonchev–Trinajstić information content (AvgIpc) is 2.88. The van der Waals surface area contributed by atoms with Crippen molar-refractivity contribution in [2.24, 2.45) is 4.99 Å². The van der Waals surface area contributed by atoms with Gasteiger partial charge in [0.05, 0.1) is 6.54 Å². The van der Waals surface area contributed by atoms with Crippen LogP contribution in [0.5, 0.6) is 0 Å². The molecular formula is C15H28IN5O. The summed E-state index contributed by atoms with van der Waals surface area (Å²) < 4.78 is 5.27. The smallest absolute Gasteiger partial charge is 0.232 e. The molecule has 0 atom stereocenters. The number of aliphatic imine (C=N–C) groups is 1.